The van der Waals surface area contributed by atoms with Crippen molar-refractivity contribution in [2.75, 3.05) is 18.1 Å². The second-order valence-electron chi connectivity index (χ2n) is 5.29. The molecule has 0 saturated heterocycles. The molecule has 156 valence electrons. The zero-order valence-electron chi connectivity index (χ0n) is 14.9. The van der Waals surface area contributed by atoms with Crippen LogP contribution >= 0.6 is 7.82 Å². The number of para-hydroxylation sites is 2. The van der Waals surface area contributed by atoms with Gasteiger partial charge in [0.1, 0.15) is 18.3 Å². The Morgan fingerprint density at radius 2 is 1.29 bits per heavy atom. The summed E-state index contributed by atoms with van der Waals surface area (Å²) in [5, 5.41) is 26.6. The maximum absolute atomic E-state index is 10.1. The van der Waals surface area contributed by atoms with Gasteiger partial charge in [0.2, 0.25) is 0 Å². The maximum atomic E-state index is 10.1. The van der Waals surface area contributed by atoms with Gasteiger partial charge in [0.05, 0.1) is 6.61 Å². The summed E-state index contributed by atoms with van der Waals surface area (Å²) in [5.41, 5.74) is 12.4. The first-order valence-electron chi connectivity index (χ1n) is 7.87. The Labute approximate surface area is 162 Å². The van der Waals surface area contributed by atoms with Crippen LogP contribution in [0.3, 0.4) is 0 Å². The van der Waals surface area contributed by atoms with Crippen LogP contribution in [0.1, 0.15) is 0 Å². The van der Waals surface area contributed by atoms with Crippen LogP contribution in [0.15, 0.2) is 60.7 Å². The highest BCUT2D eigenvalue weighted by atomic mass is 31.2. The van der Waals surface area contributed by atoms with Gasteiger partial charge in [-0.3, -0.25) is 4.52 Å². The van der Waals surface area contributed by atoms with Gasteiger partial charge in [-0.1, -0.05) is 36.4 Å². The van der Waals surface area contributed by atoms with Gasteiger partial charge in [-0.25, -0.2) is 4.57 Å². The molecule has 28 heavy (non-hydrogen) atoms. The first kappa shape index (κ1) is 25.7. The summed E-state index contributed by atoms with van der Waals surface area (Å²) in [5.74, 6) is 0. The van der Waals surface area contributed by atoms with Crippen LogP contribution in [-0.2, 0) is 13.9 Å². The molecular weight excluding hydrogens is 391 g/mol. The first-order valence-corrected chi connectivity index (χ1v) is 9.40. The van der Waals surface area contributed by atoms with E-state index in [9.17, 15) is 9.36 Å². The fourth-order valence-electron chi connectivity index (χ4n) is 1.49. The fraction of sp³-hybridized carbons (Fsp3) is 0.235. The molecular formula is C17H25N2O8P. The monoisotopic (exact) mass is 416 g/mol. The minimum atomic E-state index is -4.74. The Morgan fingerprint density at radius 3 is 1.54 bits per heavy atom. The minimum Gasteiger partial charge on any atom is -0.399 e. The van der Waals surface area contributed by atoms with Crippen molar-refractivity contribution in [3.05, 3.63) is 60.7 Å². The number of hydrogen-bond donors (Lipinski definition) is 7. The molecule has 0 saturated carbocycles. The van der Waals surface area contributed by atoms with E-state index in [1.807, 2.05) is 60.7 Å². The van der Waals surface area contributed by atoms with Gasteiger partial charge in [0.25, 0.3) is 0 Å². The Morgan fingerprint density at radius 1 is 0.893 bits per heavy atom. The summed E-state index contributed by atoms with van der Waals surface area (Å²) in [7, 11) is -4.74. The highest BCUT2D eigenvalue weighted by Gasteiger charge is 2.27. The van der Waals surface area contributed by atoms with Crippen molar-refractivity contribution in [3.8, 4) is 0 Å². The summed E-state index contributed by atoms with van der Waals surface area (Å²) in [6, 6.07) is 19.0. The van der Waals surface area contributed by atoms with E-state index in [1.54, 1.807) is 0 Å². The lowest BCUT2D eigenvalue weighted by atomic mass is 10.1. The number of carbonyl (C=O) groups is 1. The normalized spacial score (nSPS) is 13.6. The molecule has 9 N–H and O–H groups in total. The molecule has 0 heterocycles. The first-order chi connectivity index (χ1) is 13.1. The smallest absolute Gasteiger partial charge is 0.399 e. The van der Waals surface area contributed by atoms with Crippen molar-refractivity contribution in [2.45, 2.75) is 18.3 Å². The largest absolute Gasteiger partial charge is 0.469 e. The number of anilines is 2. The van der Waals surface area contributed by atoms with Crippen LogP contribution in [0.25, 0.3) is 0 Å². The van der Waals surface area contributed by atoms with E-state index in [2.05, 4.69) is 4.52 Å². The van der Waals surface area contributed by atoms with Crippen molar-refractivity contribution in [3.63, 3.8) is 0 Å². The third-order valence-electron chi connectivity index (χ3n) is 2.90. The summed E-state index contributed by atoms with van der Waals surface area (Å²) in [6.07, 6.45) is -5.46. The predicted molar refractivity (Wildman–Crippen MR) is 104 cm³/mol. The lowest BCUT2D eigenvalue weighted by molar-refractivity contribution is -0.127. The van der Waals surface area contributed by atoms with Gasteiger partial charge in [-0.2, -0.15) is 0 Å². The number of carbonyl (C=O) groups excluding carboxylic acids is 1. The number of phosphoric acid groups is 1. The maximum Gasteiger partial charge on any atom is 0.469 e. The quantitative estimate of drug-likeness (QED) is 0.190. The molecule has 0 aromatic heterocycles. The lowest BCUT2D eigenvalue weighted by Crippen LogP contribution is -2.40. The number of nitrogen functional groups attached to an aromatic ring is 2. The van der Waals surface area contributed by atoms with Crippen LogP contribution in [0, 0.1) is 0 Å². The van der Waals surface area contributed by atoms with Crippen molar-refractivity contribution < 1.29 is 39.0 Å². The van der Waals surface area contributed by atoms with Crippen molar-refractivity contribution in [1.82, 2.24) is 0 Å². The number of hydrogen-bond acceptors (Lipinski definition) is 8. The molecule has 2 aromatic rings. The van der Waals surface area contributed by atoms with Gasteiger partial charge in [-0.15, -0.1) is 0 Å². The Hall–Kier alpha value is -2.30. The van der Waals surface area contributed by atoms with Gasteiger partial charge in [0, 0.05) is 11.4 Å². The van der Waals surface area contributed by atoms with Gasteiger partial charge >= 0.3 is 7.82 Å². The van der Waals surface area contributed by atoms with E-state index in [4.69, 9.17) is 36.6 Å². The standard InChI is InChI=1S/2C6H7N.C5H11O8P/c2*7-6-4-2-1-3-5-6;6-1-3(7)5(9)4(8)2-13-14(10,11)12/h2*1-5H,7H2;1,3-5,7-9H,2H2,(H2,10,11,12)/t;;3-,4+,5-/m..0/s1. The van der Waals surface area contributed by atoms with Gasteiger partial charge in [-0.05, 0) is 24.3 Å². The van der Waals surface area contributed by atoms with Crippen LogP contribution in [0.2, 0.25) is 0 Å². The Bertz CT molecular complexity index is 661. The summed E-state index contributed by atoms with van der Waals surface area (Å²) in [4.78, 5) is 26.4. The number of rotatable bonds is 6. The molecule has 3 atom stereocenters. The second-order valence-corrected chi connectivity index (χ2v) is 6.53. The van der Waals surface area contributed by atoms with Crippen LogP contribution in [0.5, 0.6) is 0 Å². The second kappa shape index (κ2) is 13.8. The van der Waals surface area contributed by atoms with Crippen LogP contribution < -0.4 is 11.5 Å². The number of nitrogens with two attached hydrogens (primary N) is 2. The van der Waals surface area contributed by atoms with Crippen molar-refractivity contribution in [1.29, 1.82) is 0 Å². The SMILES string of the molecule is Nc1ccccc1.Nc1ccccc1.O=C[C@H](O)[C@H](O)[C@H](O)COP(=O)(O)O. The highest BCUT2D eigenvalue weighted by molar-refractivity contribution is 7.46. The molecule has 2 aromatic carbocycles. The van der Waals surface area contributed by atoms with Gasteiger partial charge in [0.15, 0.2) is 6.29 Å². The number of aliphatic hydroxyl groups is 3. The lowest BCUT2D eigenvalue weighted by Gasteiger charge is -2.19. The Balaban J connectivity index is 0.000000431. The molecule has 10 nitrogen and oxygen atoms in total. The average Bonchev–Trinajstić information content (AvgIpc) is 2.66. The van der Waals surface area contributed by atoms with E-state index in [0.717, 1.165) is 11.4 Å². The van der Waals surface area contributed by atoms with Gasteiger partial charge < -0.3 is 41.4 Å². The third kappa shape index (κ3) is 13.8. The van der Waals surface area contributed by atoms with E-state index < -0.39 is 32.7 Å². The highest BCUT2D eigenvalue weighted by Crippen LogP contribution is 2.35. The molecule has 0 unspecified atom stereocenters. The molecule has 2 rings (SSSR count). The van der Waals surface area contributed by atoms with E-state index in [1.165, 1.54) is 0 Å². The molecule has 11 heteroatoms. The zero-order chi connectivity index (χ0) is 21.6. The summed E-state index contributed by atoms with van der Waals surface area (Å²) >= 11 is 0. The molecule has 0 amide bonds. The number of benzene rings is 2. The summed E-state index contributed by atoms with van der Waals surface area (Å²) < 4.78 is 14.0. The predicted octanol–water partition coefficient (Wildman–Crippen LogP) is -0.0851. The number of aldehydes is 1. The minimum absolute atomic E-state index is 0.0225. The Kier molecular flexibility index (Phi) is 12.7. The van der Waals surface area contributed by atoms with Crippen LogP contribution in [-0.4, -0.2) is 56.3 Å². The van der Waals surface area contributed by atoms with Crippen LogP contribution in [0.4, 0.5) is 11.4 Å². The molecule has 0 aliphatic heterocycles. The molecule has 0 radical (unpaired) electrons. The van der Waals surface area contributed by atoms with Crippen molar-refractivity contribution >= 4 is 25.5 Å². The fourth-order valence-corrected chi connectivity index (χ4v) is 1.83. The molecule has 0 fully saturated rings. The van der Waals surface area contributed by atoms with E-state index in [-0.39, 0.29) is 6.29 Å². The number of phosphoric ester groups is 1. The average molecular weight is 416 g/mol. The third-order valence-corrected chi connectivity index (χ3v) is 3.38. The number of aliphatic hydroxyl groups excluding tert-OH is 3. The zero-order valence-corrected chi connectivity index (χ0v) is 15.7. The molecule has 0 aliphatic carbocycles. The van der Waals surface area contributed by atoms with E-state index >= 15 is 0 Å². The molecule has 0 bridgehead atoms. The van der Waals surface area contributed by atoms with E-state index in [0.29, 0.717) is 0 Å². The summed E-state index contributed by atoms with van der Waals surface area (Å²) in [6.45, 7) is -0.893. The topological polar surface area (TPSA) is 197 Å². The molecule has 0 spiro atoms. The van der Waals surface area contributed by atoms with Crippen molar-refractivity contribution in [2.24, 2.45) is 0 Å². The molecule has 0 aliphatic rings.